The number of thioether (sulfide) groups is 1. The van der Waals surface area contributed by atoms with Gasteiger partial charge in [-0.1, -0.05) is 49.1 Å². The highest BCUT2D eigenvalue weighted by Gasteiger charge is 2.26. The summed E-state index contributed by atoms with van der Waals surface area (Å²) in [7, 11) is 0. The summed E-state index contributed by atoms with van der Waals surface area (Å²) in [6, 6.07) is 6.14. The predicted molar refractivity (Wildman–Crippen MR) is 116 cm³/mol. The van der Waals surface area contributed by atoms with E-state index >= 15 is 0 Å². The number of amides is 1. The number of fused-ring (bicyclic) bond motifs is 1. The van der Waals surface area contributed by atoms with Crippen molar-refractivity contribution in [2.45, 2.75) is 62.8 Å². The fourth-order valence-corrected chi connectivity index (χ4v) is 4.64. The molecule has 2 aromatic heterocycles. The van der Waals surface area contributed by atoms with Gasteiger partial charge in [-0.15, -0.1) is 15.3 Å². The molecule has 0 radical (unpaired) electrons. The highest BCUT2D eigenvalue weighted by Crippen LogP contribution is 2.30. The molecule has 0 saturated heterocycles. The molecule has 1 N–H and O–H groups in total. The fourth-order valence-electron chi connectivity index (χ4n) is 2.81. The lowest BCUT2D eigenvalue weighted by atomic mass is 10.0. The first-order chi connectivity index (χ1) is 14.1. The van der Waals surface area contributed by atoms with E-state index < -0.39 is 11.7 Å². The van der Waals surface area contributed by atoms with Gasteiger partial charge in [0.2, 0.25) is 4.96 Å². The van der Waals surface area contributed by atoms with Gasteiger partial charge < -0.3 is 10.1 Å². The summed E-state index contributed by atoms with van der Waals surface area (Å²) >= 11 is 2.92. The zero-order valence-electron chi connectivity index (χ0n) is 17.7. The molecule has 0 aliphatic rings. The Labute approximate surface area is 183 Å². The molecule has 1 amide bonds. The number of halogens is 1. The summed E-state index contributed by atoms with van der Waals surface area (Å²) in [5.74, 6) is 1.23. The first-order valence-corrected chi connectivity index (χ1v) is 11.5. The number of alkyl carbamates (subject to hydrolysis) is 1. The quantitative estimate of drug-likeness (QED) is 0.496. The summed E-state index contributed by atoms with van der Waals surface area (Å²) in [4.78, 5) is 13.0. The molecule has 30 heavy (non-hydrogen) atoms. The molecule has 1 unspecified atom stereocenters. The van der Waals surface area contributed by atoms with Crippen LogP contribution in [0.1, 0.15) is 58.5 Å². The van der Waals surface area contributed by atoms with Crippen molar-refractivity contribution in [3.8, 4) is 0 Å². The maximum absolute atomic E-state index is 13.4. The SMILES string of the molecule is CC(C)CC(NC(=O)OC(C)(C)C)c1nnc2sc(SCc3cccc(F)c3)nn12. The minimum atomic E-state index is -0.589. The minimum Gasteiger partial charge on any atom is -0.444 e. The van der Waals surface area contributed by atoms with Crippen molar-refractivity contribution in [3.63, 3.8) is 0 Å². The van der Waals surface area contributed by atoms with Crippen LogP contribution in [-0.4, -0.2) is 31.5 Å². The van der Waals surface area contributed by atoms with E-state index in [0.717, 1.165) is 9.90 Å². The molecule has 0 saturated carbocycles. The predicted octanol–water partition coefficient (Wildman–Crippen LogP) is 5.23. The van der Waals surface area contributed by atoms with E-state index in [0.29, 0.717) is 28.9 Å². The number of ether oxygens (including phenoxy) is 1. The van der Waals surface area contributed by atoms with Crippen LogP contribution < -0.4 is 5.32 Å². The highest BCUT2D eigenvalue weighted by atomic mass is 32.2. The summed E-state index contributed by atoms with van der Waals surface area (Å²) < 4.78 is 21.2. The van der Waals surface area contributed by atoms with Crippen LogP contribution in [-0.2, 0) is 10.5 Å². The van der Waals surface area contributed by atoms with Crippen LogP contribution in [0.15, 0.2) is 28.6 Å². The Morgan fingerprint density at radius 2 is 2.10 bits per heavy atom. The number of aromatic nitrogens is 4. The van der Waals surface area contributed by atoms with Gasteiger partial charge in [0, 0.05) is 5.75 Å². The second-order valence-electron chi connectivity index (χ2n) is 8.37. The largest absolute Gasteiger partial charge is 0.444 e. The molecule has 162 valence electrons. The van der Waals surface area contributed by atoms with E-state index in [1.165, 1.54) is 35.2 Å². The molecule has 7 nitrogen and oxygen atoms in total. The molecule has 2 heterocycles. The Balaban J connectivity index is 1.77. The van der Waals surface area contributed by atoms with Crippen LogP contribution >= 0.6 is 23.1 Å². The second kappa shape index (κ2) is 9.30. The number of nitrogens with zero attached hydrogens (tertiary/aromatic N) is 4. The van der Waals surface area contributed by atoms with Gasteiger partial charge in [0.05, 0.1) is 6.04 Å². The van der Waals surface area contributed by atoms with E-state index in [4.69, 9.17) is 4.74 Å². The van der Waals surface area contributed by atoms with Crippen molar-refractivity contribution in [1.82, 2.24) is 25.1 Å². The minimum absolute atomic E-state index is 0.252. The lowest BCUT2D eigenvalue weighted by Crippen LogP contribution is -2.36. The monoisotopic (exact) mass is 451 g/mol. The van der Waals surface area contributed by atoms with Crippen molar-refractivity contribution in [1.29, 1.82) is 0 Å². The molecule has 0 spiro atoms. The summed E-state index contributed by atoms with van der Waals surface area (Å²) in [5.41, 5.74) is 0.295. The number of rotatable bonds is 7. The molecule has 1 atom stereocenters. The van der Waals surface area contributed by atoms with Crippen LogP contribution in [0.2, 0.25) is 0 Å². The molecule has 0 aliphatic heterocycles. The number of carbonyl (C=O) groups is 1. The Hall–Kier alpha value is -2.20. The Bertz CT molecular complexity index is 1010. The van der Waals surface area contributed by atoms with E-state index in [2.05, 4.69) is 34.5 Å². The molecular weight excluding hydrogens is 425 g/mol. The van der Waals surface area contributed by atoms with Crippen molar-refractivity contribution in [3.05, 3.63) is 41.5 Å². The third-order valence-corrected chi connectivity index (χ3v) is 6.06. The maximum atomic E-state index is 13.4. The van der Waals surface area contributed by atoms with Crippen LogP contribution in [0.3, 0.4) is 0 Å². The Kier molecular flexibility index (Phi) is 6.97. The van der Waals surface area contributed by atoms with Crippen molar-refractivity contribution in [2.75, 3.05) is 0 Å². The van der Waals surface area contributed by atoms with Gasteiger partial charge in [0.15, 0.2) is 10.2 Å². The maximum Gasteiger partial charge on any atom is 0.408 e. The van der Waals surface area contributed by atoms with Crippen LogP contribution in [0, 0.1) is 11.7 Å². The third-order valence-electron chi connectivity index (χ3n) is 3.96. The van der Waals surface area contributed by atoms with Gasteiger partial charge in [-0.25, -0.2) is 9.18 Å². The van der Waals surface area contributed by atoms with Gasteiger partial charge in [-0.05, 0) is 50.8 Å². The van der Waals surface area contributed by atoms with E-state index in [1.54, 1.807) is 10.6 Å². The fraction of sp³-hybridized carbons (Fsp3) is 0.500. The standard InChI is InChI=1S/C20H26FN5O2S2/c1-12(2)9-15(22-18(27)28-20(3,4)5)16-23-24-17-26(16)25-19(30-17)29-11-13-7-6-8-14(21)10-13/h6-8,10,12,15H,9,11H2,1-5H3,(H,22,27). The molecule has 3 aromatic rings. The average molecular weight is 452 g/mol. The van der Waals surface area contributed by atoms with Gasteiger partial charge >= 0.3 is 6.09 Å². The topological polar surface area (TPSA) is 81.4 Å². The number of nitrogens with one attached hydrogen (secondary N) is 1. The van der Waals surface area contributed by atoms with Crippen molar-refractivity contribution >= 4 is 34.2 Å². The molecule has 10 heteroatoms. The lowest BCUT2D eigenvalue weighted by Gasteiger charge is -2.23. The molecule has 0 bridgehead atoms. The molecule has 3 rings (SSSR count). The van der Waals surface area contributed by atoms with Gasteiger partial charge in [0.25, 0.3) is 0 Å². The summed E-state index contributed by atoms with van der Waals surface area (Å²) in [6.45, 7) is 9.61. The number of carbonyl (C=O) groups excluding carboxylic acids is 1. The molecular formula is C20H26FN5O2S2. The number of benzene rings is 1. The lowest BCUT2D eigenvalue weighted by molar-refractivity contribution is 0.0494. The van der Waals surface area contributed by atoms with Crippen molar-refractivity contribution in [2.24, 2.45) is 5.92 Å². The zero-order chi connectivity index (χ0) is 21.9. The van der Waals surface area contributed by atoms with Crippen molar-refractivity contribution < 1.29 is 13.9 Å². The average Bonchev–Trinajstić information content (AvgIpc) is 3.17. The molecule has 1 aromatic carbocycles. The Morgan fingerprint density at radius 3 is 2.77 bits per heavy atom. The normalized spacial score (nSPS) is 13.0. The van der Waals surface area contributed by atoms with Crippen LogP contribution in [0.25, 0.3) is 4.96 Å². The highest BCUT2D eigenvalue weighted by molar-refractivity contribution is 8.00. The van der Waals surface area contributed by atoms with Gasteiger partial charge in [-0.2, -0.15) is 4.52 Å². The first kappa shape index (κ1) is 22.5. The van der Waals surface area contributed by atoms with Crippen LogP contribution in [0.5, 0.6) is 0 Å². The molecule has 0 fully saturated rings. The zero-order valence-corrected chi connectivity index (χ0v) is 19.3. The van der Waals surface area contributed by atoms with Gasteiger partial charge in [0.1, 0.15) is 11.4 Å². The number of hydrogen-bond acceptors (Lipinski definition) is 7. The summed E-state index contributed by atoms with van der Waals surface area (Å²) in [6.07, 6.45) is 0.171. The van der Waals surface area contributed by atoms with E-state index in [-0.39, 0.29) is 11.9 Å². The van der Waals surface area contributed by atoms with E-state index in [1.807, 2.05) is 26.8 Å². The third kappa shape index (κ3) is 6.15. The Morgan fingerprint density at radius 1 is 1.33 bits per heavy atom. The second-order valence-corrected chi connectivity index (χ2v) is 10.5. The first-order valence-electron chi connectivity index (χ1n) is 9.69. The summed E-state index contributed by atoms with van der Waals surface area (Å²) in [5, 5.41) is 16.0. The van der Waals surface area contributed by atoms with E-state index in [9.17, 15) is 9.18 Å². The smallest absolute Gasteiger partial charge is 0.408 e. The molecule has 0 aliphatic carbocycles. The van der Waals surface area contributed by atoms with Crippen LogP contribution in [0.4, 0.5) is 9.18 Å². The number of hydrogen-bond donors (Lipinski definition) is 1. The van der Waals surface area contributed by atoms with Gasteiger partial charge in [-0.3, -0.25) is 0 Å².